The minimum Gasteiger partial charge on any atom is -0.268 e. The molecule has 0 unspecified atom stereocenters. The molecule has 86 valence electrons. The van der Waals surface area contributed by atoms with Crippen molar-refractivity contribution in [1.29, 1.82) is 0 Å². The molecule has 0 aliphatic carbocycles. The Hall–Kier alpha value is 0.260. The fraction of sp³-hybridized carbons (Fsp3) is 0.364. The van der Waals surface area contributed by atoms with Gasteiger partial charge in [-0.3, -0.25) is 4.99 Å². The van der Waals surface area contributed by atoms with Gasteiger partial charge in [0.1, 0.15) is 13.7 Å². The lowest BCUT2D eigenvalue weighted by molar-refractivity contribution is 0.468. The Kier molecular flexibility index (Phi) is 3.09. The molecule has 0 amide bonds. The molecule has 5 heteroatoms. The van der Waals surface area contributed by atoms with Crippen LogP contribution in [0.1, 0.15) is 25.0 Å². The molecular weight excluding hydrogens is 405 g/mol. The summed E-state index contributed by atoms with van der Waals surface area (Å²) in [7, 11) is 0. The van der Waals surface area contributed by atoms with E-state index in [-0.39, 0.29) is 5.82 Å². The summed E-state index contributed by atoms with van der Waals surface area (Å²) in [6.07, 6.45) is 0. The van der Waals surface area contributed by atoms with Gasteiger partial charge in [-0.15, -0.1) is 0 Å². The Balaban J connectivity index is 2.81. The minimum atomic E-state index is -0.690. The maximum Gasteiger partial charge on any atom is 0.133 e. The fourth-order valence-electron chi connectivity index (χ4n) is 1.70. The van der Waals surface area contributed by atoms with Crippen LogP contribution >= 0.6 is 47.8 Å². The smallest absolute Gasteiger partial charge is 0.133 e. The van der Waals surface area contributed by atoms with Crippen LogP contribution in [-0.4, -0.2) is 10.2 Å². The Bertz CT molecular complexity index is 480. The lowest BCUT2D eigenvalue weighted by atomic mass is 9.89. The maximum atomic E-state index is 13.9. The van der Waals surface area contributed by atoms with Crippen LogP contribution in [0.3, 0.4) is 0 Å². The van der Waals surface area contributed by atoms with Crippen LogP contribution in [0.25, 0.3) is 0 Å². The lowest BCUT2D eigenvalue weighted by Crippen LogP contribution is -2.41. The summed E-state index contributed by atoms with van der Waals surface area (Å²) in [6.45, 7) is 3.88. The third-order valence-corrected chi connectivity index (χ3v) is 6.03. The minimum absolute atomic E-state index is 0.244. The number of benzene rings is 1. The highest BCUT2D eigenvalue weighted by atomic mass is 79.9. The Labute approximate surface area is 119 Å². The van der Waals surface area contributed by atoms with E-state index in [9.17, 15) is 4.39 Å². The second kappa shape index (κ2) is 3.89. The third kappa shape index (κ3) is 1.71. The second-order valence-electron chi connectivity index (χ2n) is 4.20. The van der Waals surface area contributed by atoms with Crippen molar-refractivity contribution in [2.75, 3.05) is 0 Å². The van der Waals surface area contributed by atoms with E-state index in [1.165, 1.54) is 6.07 Å². The predicted octanol–water partition coefficient (Wildman–Crippen LogP) is 4.70. The number of nitrogens with zero attached hydrogens (tertiary/aromatic N) is 1. The third-order valence-electron chi connectivity index (χ3n) is 2.70. The van der Waals surface area contributed by atoms with Crippen molar-refractivity contribution in [2.45, 2.75) is 22.6 Å². The molecule has 0 fully saturated rings. The number of fused-ring (bicyclic) bond motifs is 1. The summed E-state index contributed by atoms with van der Waals surface area (Å²) >= 11 is 10.5. The molecule has 1 aliphatic rings. The Morgan fingerprint density at radius 2 is 1.88 bits per heavy atom. The van der Waals surface area contributed by atoms with Crippen molar-refractivity contribution < 1.29 is 4.39 Å². The SMILES string of the molecule is CC1(C)N=C(Br)c2cccc(F)c2C1(Br)Br. The molecule has 1 nitrogen and oxygen atoms in total. The summed E-state index contributed by atoms with van der Waals surface area (Å²) < 4.78 is 13.9. The summed E-state index contributed by atoms with van der Waals surface area (Å²) in [5, 5.41) is 0. The van der Waals surface area contributed by atoms with Gasteiger partial charge >= 0.3 is 0 Å². The van der Waals surface area contributed by atoms with E-state index in [2.05, 4.69) is 52.8 Å². The van der Waals surface area contributed by atoms with Crippen LogP contribution in [0.5, 0.6) is 0 Å². The molecule has 0 radical (unpaired) electrons. The number of rotatable bonds is 0. The van der Waals surface area contributed by atoms with Crippen LogP contribution < -0.4 is 0 Å². The van der Waals surface area contributed by atoms with Gasteiger partial charge in [0.25, 0.3) is 0 Å². The molecule has 1 heterocycles. The van der Waals surface area contributed by atoms with E-state index in [1.807, 2.05) is 19.9 Å². The topological polar surface area (TPSA) is 12.4 Å². The highest BCUT2D eigenvalue weighted by Gasteiger charge is 2.48. The van der Waals surface area contributed by atoms with Crippen LogP contribution in [0, 0.1) is 5.82 Å². The first-order chi connectivity index (χ1) is 7.27. The standard InChI is InChI=1S/C11H9Br3FN/c1-10(2)11(13,14)8-6(9(12)16-10)4-3-5-7(8)15/h3-5H,1-2H3. The fourth-order valence-corrected chi connectivity index (χ4v) is 3.45. The molecule has 1 aromatic rings. The molecule has 0 bridgehead atoms. The average Bonchev–Trinajstić information content (AvgIpc) is 2.14. The molecule has 0 N–H and O–H groups in total. The normalized spacial score (nSPS) is 21.2. The van der Waals surface area contributed by atoms with Crippen molar-refractivity contribution in [3.8, 4) is 0 Å². The highest BCUT2D eigenvalue weighted by Crippen LogP contribution is 2.53. The number of alkyl halides is 2. The van der Waals surface area contributed by atoms with Crippen molar-refractivity contribution in [3.05, 3.63) is 35.1 Å². The van der Waals surface area contributed by atoms with Gasteiger partial charge < -0.3 is 0 Å². The van der Waals surface area contributed by atoms with Crippen LogP contribution in [-0.2, 0) is 3.23 Å². The molecule has 0 saturated carbocycles. The number of halogens is 4. The Morgan fingerprint density at radius 1 is 1.25 bits per heavy atom. The molecule has 0 atom stereocenters. The van der Waals surface area contributed by atoms with Gasteiger partial charge in [0.15, 0.2) is 0 Å². The highest BCUT2D eigenvalue weighted by molar-refractivity contribution is 9.25. The largest absolute Gasteiger partial charge is 0.268 e. The van der Waals surface area contributed by atoms with Gasteiger partial charge in [-0.2, -0.15) is 0 Å². The van der Waals surface area contributed by atoms with E-state index in [0.717, 1.165) is 5.56 Å². The average molecular weight is 414 g/mol. The van der Waals surface area contributed by atoms with Crippen molar-refractivity contribution in [3.63, 3.8) is 0 Å². The summed E-state index contributed by atoms with van der Waals surface area (Å²) in [5.41, 5.74) is 0.871. The first kappa shape index (κ1) is 12.7. The van der Waals surface area contributed by atoms with Crippen molar-refractivity contribution in [2.24, 2.45) is 4.99 Å². The summed E-state index contributed by atoms with van der Waals surface area (Å²) in [5.74, 6) is -0.244. The van der Waals surface area contributed by atoms with Gasteiger partial charge in [-0.1, -0.05) is 44.0 Å². The molecule has 0 saturated heterocycles. The van der Waals surface area contributed by atoms with Gasteiger partial charge in [-0.25, -0.2) is 4.39 Å². The molecule has 16 heavy (non-hydrogen) atoms. The number of hydrogen-bond acceptors (Lipinski definition) is 1. The maximum absolute atomic E-state index is 13.9. The lowest BCUT2D eigenvalue weighted by Gasteiger charge is -2.40. The van der Waals surface area contributed by atoms with E-state index in [4.69, 9.17) is 0 Å². The number of hydrogen-bond donors (Lipinski definition) is 0. The molecule has 0 spiro atoms. The van der Waals surface area contributed by atoms with E-state index in [0.29, 0.717) is 10.2 Å². The van der Waals surface area contributed by atoms with Gasteiger partial charge in [0.05, 0.1) is 5.54 Å². The van der Waals surface area contributed by atoms with Crippen molar-refractivity contribution >= 4 is 52.4 Å². The van der Waals surface area contributed by atoms with E-state index in [1.54, 1.807) is 6.07 Å². The zero-order valence-corrected chi connectivity index (χ0v) is 13.4. The zero-order valence-electron chi connectivity index (χ0n) is 8.69. The van der Waals surface area contributed by atoms with Gasteiger partial charge in [0.2, 0.25) is 0 Å². The van der Waals surface area contributed by atoms with Crippen LogP contribution in [0.4, 0.5) is 4.39 Å². The van der Waals surface area contributed by atoms with E-state index >= 15 is 0 Å². The predicted molar refractivity (Wildman–Crippen MR) is 75.5 cm³/mol. The van der Waals surface area contributed by atoms with Crippen molar-refractivity contribution in [1.82, 2.24) is 0 Å². The molecule has 0 aromatic heterocycles. The van der Waals surface area contributed by atoms with Crippen LogP contribution in [0.15, 0.2) is 23.2 Å². The van der Waals surface area contributed by atoms with Gasteiger partial charge in [-0.05, 0) is 35.8 Å². The van der Waals surface area contributed by atoms with Crippen LogP contribution in [0.2, 0.25) is 0 Å². The molecular formula is C11H9Br3FN. The number of aliphatic imine (C=N–C) groups is 1. The van der Waals surface area contributed by atoms with E-state index < -0.39 is 8.77 Å². The summed E-state index contributed by atoms with van der Waals surface area (Å²) in [4.78, 5) is 4.52. The monoisotopic (exact) mass is 411 g/mol. The molecule has 2 rings (SSSR count). The summed E-state index contributed by atoms with van der Waals surface area (Å²) in [6, 6.07) is 4.98. The first-order valence-electron chi connectivity index (χ1n) is 4.70. The van der Waals surface area contributed by atoms with Gasteiger partial charge in [0, 0.05) is 11.1 Å². The quantitative estimate of drug-likeness (QED) is 0.546. The molecule has 1 aliphatic heterocycles. The zero-order chi connectivity index (χ0) is 12.1. The second-order valence-corrected chi connectivity index (χ2v) is 8.39. The Morgan fingerprint density at radius 3 is 2.50 bits per heavy atom. The first-order valence-corrected chi connectivity index (χ1v) is 7.08. The molecule has 1 aromatic carbocycles.